The summed E-state index contributed by atoms with van der Waals surface area (Å²) in [7, 11) is 0. The van der Waals surface area contributed by atoms with Crippen LogP contribution in [0.15, 0.2) is 0 Å². The first-order valence-corrected chi connectivity index (χ1v) is 7.77. The Morgan fingerprint density at radius 1 is 0.882 bits per heavy atom. The van der Waals surface area contributed by atoms with Gasteiger partial charge in [0.15, 0.2) is 0 Å². The van der Waals surface area contributed by atoms with Crippen LogP contribution in [0.5, 0.6) is 0 Å². The maximum absolute atomic E-state index is 10.1. The fourth-order valence-electron chi connectivity index (χ4n) is 4.15. The zero-order valence-corrected chi connectivity index (χ0v) is 11.0. The van der Waals surface area contributed by atoms with Gasteiger partial charge in [-0.2, -0.15) is 0 Å². The van der Waals surface area contributed by atoms with Crippen LogP contribution < -0.4 is 0 Å². The summed E-state index contributed by atoms with van der Waals surface area (Å²) in [6.45, 7) is 2.62. The second-order valence-corrected chi connectivity index (χ2v) is 6.52. The average Bonchev–Trinajstić information content (AvgIpc) is 2.70. The molecule has 3 atom stereocenters. The van der Waals surface area contributed by atoms with Crippen LogP contribution in [0.25, 0.3) is 0 Å². The van der Waals surface area contributed by atoms with Gasteiger partial charge in [-0.25, -0.2) is 0 Å². The molecule has 0 amide bonds. The van der Waals surface area contributed by atoms with E-state index in [-0.39, 0.29) is 6.10 Å². The first kappa shape index (κ1) is 12.0. The Morgan fingerprint density at radius 2 is 1.71 bits per heavy atom. The second kappa shape index (κ2) is 5.27. The van der Waals surface area contributed by atoms with Gasteiger partial charge in [-0.05, 0) is 51.0 Å². The van der Waals surface area contributed by atoms with Crippen molar-refractivity contribution in [1.29, 1.82) is 0 Å². The molecule has 3 fully saturated rings. The zero-order valence-electron chi connectivity index (χ0n) is 11.0. The van der Waals surface area contributed by atoms with Gasteiger partial charge in [0.2, 0.25) is 0 Å². The third-order valence-electron chi connectivity index (χ3n) is 5.41. The molecular formula is C15H27NO. The standard InChI is InChI=1S/C15H27NO/c17-15-9-4-7-13(15)14-8-1-2-10-16(14)11-12-5-3-6-12/h12-15,17H,1-11H2. The van der Waals surface area contributed by atoms with Gasteiger partial charge in [0.05, 0.1) is 6.10 Å². The smallest absolute Gasteiger partial charge is 0.0583 e. The minimum atomic E-state index is 0.00184. The van der Waals surface area contributed by atoms with Gasteiger partial charge in [-0.1, -0.05) is 19.3 Å². The second-order valence-electron chi connectivity index (χ2n) is 6.52. The predicted octanol–water partition coefficient (Wildman–Crippen LogP) is 2.80. The van der Waals surface area contributed by atoms with Crippen molar-refractivity contribution in [3.63, 3.8) is 0 Å². The van der Waals surface area contributed by atoms with Crippen LogP contribution in [0.3, 0.4) is 0 Å². The fraction of sp³-hybridized carbons (Fsp3) is 1.00. The Kier molecular flexibility index (Phi) is 3.72. The fourth-order valence-corrected chi connectivity index (χ4v) is 4.15. The summed E-state index contributed by atoms with van der Waals surface area (Å²) in [4.78, 5) is 2.74. The maximum atomic E-state index is 10.1. The highest BCUT2D eigenvalue weighted by Crippen LogP contribution is 2.37. The van der Waals surface area contributed by atoms with Crippen molar-refractivity contribution < 1.29 is 5.11 Å². The van der Waals surface area contributed by atoms with E-state index in [1.807, 2.05) is 0 Å². The van der Waals surface area contributed by atoms with E-state index in [0.29, 0.717) is 12.0 Å². The van der Waals surface area contributed by atoms with E-state index >= 15 is 0 Å². The third kappa shape index (κ3) is 2.53. The van der Waals surface area contributed by atoms with Crippen LogP contribution in [0.4, 0.5) is 0 Å². The number of rotatable bonds is 3. The van der Waals surface area contributed by atoms with Gasteiger partial charge in [0.25, 0.3) is 0 Å². The molecule has 0 bridgehead atoms. The summed E-state index contributed by atoms with van der Waals surface area (Å²) in [5, 5.41) is 10.1. The maximum Gasteiger partial charge on any atom is 0.0583 e. The van der Waals surface area contributed by atoms with Crippen molar-refractivity contribution in [2.45, 2.75) is 69.9 Å². The molecule has 2 saturated carbocycles. The van der Waals surface area contributed by atoms with Crippen LogP contribution in [0.2, 0.25) is 0 Å². The van der Waals surface area contributed by atoms with Crippen molar-refractivity contribution in [3.05, 3.63) is 0 Å². The van der Waals surface area contributed by atoms with Crippen molar-refractivity contribution in [3.8, 4) is 0 Å². The molecule has 0 radical (unpaired) electrons. The van der Waals surface area contributed by atoms with E-state index in [9.17, 15) is 5.11 Å². The molecule has 0 aromatic rings. The number of nitrogens with zero attached hydrogens (tertiary/aromatic N) is 1. The van der Waals surface area contributed by atoms with Crippen LogP contribution in [-0.4, -0.2) is 35.2 Å². The highest BCUT2D eigenvalue weighted by Gasteiger charge is 2.37. The van der Waals surface area contributed by atoms with Gasteiger partial charge in [0.1, 0.15) is 0 Å². The summed E-state index contributed by atoms with van der Waals surface area (Å²) in [6.07, 6.45) is 12.0. The molecule has 3 unspecified atom stereocenters. The first-order chi connectivity index (χ1) is 8.34. The minimum Gasteiger partial charge on any atom is -0.393 e. The van der Waals surface area contributed by atoms with Crippen molar-refractivity contribution in [1.82, 2.24) is 4.90 Å². The monoisotopic (exact) mass is 237 g/mol. The van der Waals surface area contributed by atoms with Gasteiger partial charge < -0.3 is 5.11 Å². The Bertz CT molecular complexity index is 251. The van der Waals surface area contributed by atoms with E-state index in [4.69, 9.17) is 0 Å². The topological polar surface area (TPSA) is 23.5 Å². The lowest BCUT2D eigenvalue weighted by molar-refractivity contribution is 0.0200. The zero-order chi connectivity index (χ0) is 11.7. The van der Waals surface area contributed by atoms with E-state index in [2.05, 4.69) is 4.90 Å². The van der Waals surface area contributed by atoms with Gasteiger partial charge in [0, 0.05) is 18.5 Å². The molecule has 3 aliphatic rings. The van der Waals surface area contributed by atoms with E-state index in [0.717, 1.165) is 12.3 Å². The molecule has 1 saturated heterocycles. The predicted molar refractivity (Wildman–Crippen MR) is 69.9 cm³/mol. The largest absolute Gasteiger partial charge is 0.393 e. The Morgan fingerprint density at radius 3 is 2.35 bits per heavy atom. The quantitative estimate of drug-likeness (QED) is 0.816. The highest BCUT2D eigenvalue weighted by molar-refractivity contribution is 4.91. The normalized spacial score (nSPS) is 40.4. The van der Waals surface area contributed by atoms with Crippen LogP contribution in [-0.2, 0) is 0 Å². The lowest BCUT2D eigenvalue weighted by atomic mass is 9.82. The number of likely N-dealkylation sites (tertiary alicyclic amines) is 1. The number of aliphatic hydroxyl groups excluding tert-OH is 1. The number of hydrogen-bond donors (Lipinski definition) is 1. The minimum absolute atomic E-state index is 0.00184. The molecule has 2 heteroatoms. The SMILES string of the molecule is OC1CCCC1C1CCCCN1CC1CCC1. The van der Waals surface area contributed by atoms with E-state index in [1.165, 1.54) is 64.5 Å². The van der Waals surface area contributed by atoms with Crippen LogP contribution in [0.1, 0.15) is 57.8 Å². The average molecular weight is 237 g/mol. The summed E-state index contributed by atoms with van der Waals surface area (Å²) in [5.41, 5.74) is 0. The summed E-state index contributed by atoms with van der Waals surface area (Å²) >= 11 is 0. The summed E-state index contributed by atoms with van der Waals surface area (Å²) in [5.74, 6) is 1.57. The lowest BCUT2D eigenvalue weighted by Crippen LogP contribution is -2.48. The van der Waals surface area contributed by atoms with Gasteiger partial charge in [-0.15, -0.1) is 0 Å². The van der Waals surface area contributed by atoms with Crippen molar-refractivity contribution in [2.75, 3.05) is 13.1 Å². The molecule has 1 aliphatic heterocycles. The lowest BCUT2D eigenvalue weighted by Gasteiger charge is -2.43. The molecule has 0 aromatic carbocycles. The van der Waals surface area contributed by atoms with E-state index in [1.54, 1.807) is 0 Å². The van der Waals surface area contributed by atoms with Gasteiger partial charge >= 0.3 is 0 Å². The first-order valence-electron chi connectivity index (χ1n) is 7.77. The number of piperidine rings is 1. The Hall–Kier alpha value is -0.0800. The number of hydrogen-bond acceptors (Lipinski definition) is 2. The third-order valence-corrected chi connectivity index (χ3v) is 5.41. The molecule has 0 spiro atoms. The summed E-state index contributed by atoms with van der Waals surface area (Å²) < 4.78 is 0. The number of aliphatic hydroxyl groups is 1. The molecule has 0 aromatic heterocycles. The highest BCUT2D eigenvalue weighted by atomic mass is 16.3. The van der Waals surface area contributed by atoms with Crippen LogP contribution >= 0.6 is 0 Å². The van der Waals surface area contributed by atoms with Crippen molar-refractivity contribution >= 4 is 0 Å². The molecule has 1 heterocycles. The molecule has 3 rings (SSSR count). The summed E-state index contributed by atoms with van der Waals surface area (Å²) in [6, 6.07) is 0.710. The molecular weight excluding hydrogens is 210 g/mol. The molecule has 17 heavy (non-hydrogen) atoms. The van der Waals surface area contributed by atoms with E-state index < -0.39 is 0 Å². The van der Waals surface area contributed by atoms with Crippen LogP contribution in [0, 0.1) is 11.8 Å². The van der Waals surface area contributed by atoms with Gasteiger partial charge in [-0.3, -0.25) is 4.90 Å². The molecule has 2 nitrogen and oxygen atoms in total. The van der Waals surface area contributed by atoms with Crippen molar-refractivity contribution in [2.24, 2.45) is 11.8 Å². The Labute approximate surface area is 105 Å². The Balaban J connectivity index is 1.61. The molecule has 1 N–H and O–H groups in total. The molecule has 2 aliphatic carbocycles. The molecule has 98 valence electrons.